The molecule has 0 N–H and O–H groups in total. The van der Waals surface area contributed by atoms with Crippen LogP contribution < -0.4 is 0 Å². The second kappa shape index (κ2) is 5.21. The van der Waals surface area contributed by atoms with Gasteiger partial charge in [0, 0.05) is 18.7 Å². The van der Waals surface area contributed by atoms with Crippen molar-refractivity contribution in [3.05, 3.63) is 41.6 Å². The summed E-state index contributed by atoms with van der Waals surface area (Å²) in [4.78, 5) is 12.0. The van der Waals surface area contributed by atoms with Gasteiger partial charge in [-0.15, -0.1) is 0 Å². The number of carbonyl (C=O) groups excluding carboxylic acids is 1. The molecule has 2 rings (SSSR count). The van der Waals surface area contributed by atoms with Gasteiger partial charge in [0.25, 0.3) is 0 Å². The molecule has 2 aromatic rings. The predicted octanol–water partition coefficient (Wildman–Crippen LogP) is 3.04. The van der Waals surface area contributed by atoms with E-state index in [4.69, 9.17) is 4.42 Å². The van der Waals surface area contributed by atoms with Crippen LogP contribution in [0.3, 0.4) is 0 Å². The fourth-order valence-electron chi connectivity index (χ4n) is 1.73. The minimum Gasteiger partial charge on any atom is -0.458 e. The fraction of sp³-hybridized carbons (Fsp3) is 0.429. The number of aryl methyl sites for hydroxylation is 1. The second-order valence-electron chi connectivity index (χ2n) is 4.60. The zero-order chi connectivity index (χ0) is 13.1. The van der Waals surface area contributed by atoms with E-state index >= 15 is 0 Å². The van der Waals surface area contributed by atoms with E-state index in [0.29, 0.717) is 11.8 Å². The van der Waals surface area contributed by atoms with Crippen LogP contribution in [0, 0.1) is 0 Å². The first-order chi connectivity index (χ1) is 8.60. The number of rotatable bonds is 5. The Morgan fingerprint density at radius 3 is 2.72 bits per heavy atom. The van der Waals surface area contributed by atoms with Crippen LogP contribution in [0.25, 0.3) is 0 Å². The number of carbonyl (C=O) groups is 1. The SMILES string of the molecule is CCc1ccc(C(=O)Cc2ccn(C(C)C)n2)o1. The Hall–Kier alpha value is -1.84. The molecule has 0 radical (unpaired) electrons. The lowest BCUT2D eigenvalue weighted by atomic mass is 10.2. The quantitative estimate of drug-likeness (QED) is 0.762. The van der Waals surface area contributed by atoms with Gasteiger partial charge in [-0.25, -0.2) is 0 Å². The molecule has 0 aliphatic heterocycles. The van der Waals surface area contributed by atoms with Gasteiger partial charge in [0.2, 0.25) is 5.78 Å². The Bertz CT molecular complexity index is 537. The van der Waals surface area contributed by atoms with Gasteiger partial charge in [-0.3, -0.25) is 9.48 Å². The average molecular weight is 246 g/mol. The van der Waals surface area contributed by atoms with Crippen molar-refractivity contribution in [1.29, 1.82) is 0 Å². The molecule has 0 unspecified atom stereocenters. The molecular weight excluding hydrogens is 228 g/mol. The van der Waals surface area contributed by atoms with E-state index in [9.17, 15) is 4.79 Å². The van der Waals surface area contributed by atoms with E-state index in [1.54, 1.807) is 6.07 Å². The first-order valence-electron chi connectivity index (χ1n) is 6.26. The zero-order valence-corrected chi connectivity index (χ0v) is 11.0. The molecule has 0 spiro atoms. The Morgan fingerprint density at radius 2 is 2.17 bits per heavy atom. The summed E-state index contributed by atoms with van der Waals surface area (Å²) in [6.45, 7) is 6.11. The molecule has 0 amide bonds. The van der Waals surface area contributed by atoms with Crippen LogP contribution in [0.5, 0.6) is 0 Å². The van der Waals surface area contributed by atoms with Crippen LogP contribution >= 0.6 is 0 Å². The first-order valence-corrected chi connectivity index (χ1v) is 6.26. The molecule has 0 aliphatic carbocycles. The number of hydrogen-bond donors (Lipinski definition) is 0. The highest BCUT2D eigenvalue weighted by Crippen LogP contribution is 2.12. The van der Waals surface area contributed by atoms with Crippen molar-refractivity contribution in [3.63, 3.8) is 0 Å². The molecule has 0 bridgehead atoms. The topological polar surface area (TPSA) is 48.0 Å². The molecule has 0 atom stereocenters. The number of nitrogens with zero attached hydrogens (tertiary/aromatic N) is 2. The van der Waals surface area contributed by atoms with E-state index in [1.165, 1.54) is 0 Å². The molecule has 18 heavy (non-hydrogen) atoms. The highest BCUT2D eigenvalue weighted by Gasteiger charge is 2.13. The van der Waals surface area contributed by atoms with Gasteiger partial charge in [0.1, 0.15) is 5.76 Å². The lowest BCUT2D eigenvalue weighted by Crippen LogP contribution is -2.05. The van der Waals surface area contributed by atoms with E-state index in [1.807, 2.05) is 29.9 Å². The maximum Gasteiger partial charge on any atom is 0.203 e. The molecule has 0 aromatic carbocycles. The van der Waals surface area contributed by atoms with Crippen LogP contribution in [0.2, 0.25) is 0 Å². The highest BCUT2D eigenvalue weighted by atomic mass is 16.3. The van der Waals surface area contributed by atoms with Gasteiger partial charge < -0.3 is 4.42 Å². The third kappa shape index (κ3) is 2.70. The standard InChI is InChI=1S/C14H18N2O2/c1-4-12-5-6-14(18-12)13(17)9-11-7-8-16(15-11)10(2)3/h5-8,10H,4,9H2,1-3H3. The van der Waals surface area contributed by atoms with E-state index in [2.05, 4.69) is 18.9 Å². The van der Waals surface area contributed by atoms with Crippen molar-refractivity contribution in [2.45, 2.75) is 39.7 Å². The van der Waals surface area contributed by atoms with E-state index < -0.39 is 0 Å². The maximum absolute atomic E-state index is 12.0. The predicted molar refractivity (Wildman–Crippen MR) is 68.7 cm³/mol. The summed E-state index contributed by atoms with van der Waals surface area (Å²) in [6.07, 6.45) is 2.98. The van der Waals surface area contributed by atoms with Crippen molar-refractivity contribution >= 4 is 5.78 Å². The molecule has 2 heterocycles. The average Bonchev–Trinajstić information content (AvgIpc) is 2.96. The van der Waals surface area contributed by atoms with Crippen molar-refractivity contribution in [2.75, 3.05) is 0 Å². The van der Waals surface area contributed by atoms with Crippen molar-refractivity contribution in [3.8, 4) is 0 Å². The van der Waals surface area contributed by atoms with Crippen LogP contribution in [0.1, 0.15) is 48.8 Å². The molecule has 4 heteroatoms. The smallest absolute Gasteiger partial charge is 0.203 e. The van der Waals surface area contributed by atoms with Gasteiger partial charge in [-0.2, -0.15) is 5.10 Å². The monoisotopic (exact) mass is 246 g/mol. The van der Waals surface area contributed by atoms with Gasteiger partial charge in [-0.1, -0.05) is 6.92 Å². The number of aromatic nitrogens is 2. The van der Waals surface area contributed by atoms with Crippen LogP contribution in [-0.4, -0.2) is 15.6 Å². The Balaban J connectivity index is 2.06. The summed E-state index contributed by atoms with van der Waals surface area (Å²) in [5.74, 6) is 1.24. The molecule has 4 nitrogen and oxygen atoms in total. The van der Waals surface area contributed by atoms with Crippen LogP contribution in [0.4, 0.5) is 0 Å². The minimum absolute atomic E-state index is 0.0243. The Morgan fingerprint density at radius 1 is 1.39 bits per heavy atom. The van der Waals surface area contributed by atoms with Gasteiger partial charge in [0.15, 0.2) is 5.76 Å². The van der Waals surface area contributed by atoms with Crippen LogP contribution in [-0.2, 0) is 12.8 Å². The normalized spacial score (nSPS) is 11.1. The van der Waals surface area contributed by atoms with Crippen molar-refractivity contribution < 1.29 is 9.21 Å². The van der Waals surface area contributed by atoms with Crippen molar-refractivity contribution in [1.82, 2.24) is 9.78 Å². The first kappa shape index (κ1) is 12.6. The molecule has 0 fully saturated rings. The molecule has 0 aliphatic rings. The fourth-order valence-corrected chi connectivity index (χ4v) is 1.73. The van der Waals surface area contributed by atoms with Crippen molar-refractivity contribution in [2.24, 2.45) is 0 Å². The second-order valence-corrected chi connectivity index (χ2v) is 4.60. The number of furan rings is 1. The third-order valence-corrected chi connectivity index (χ3v) is 2.82. The summed E-state index contributed by atoms with van der Waals surface area (Å²) in [5, 5.41) is 4.36. The summed E-state index contributed by atoms with van der Waals surface area (Å²) in [5.41, 5.74) is 0.781. The number of ketones is 1. The Kier molecular flexibility index (Phi) is 3.65. The molecule has 96 valence electrons. The van der Waals surface area contributed by atoms with Gasteiger partial charge in [0.05, 0.1) is 12.1 Å². The zero-order valence-electron chi connectivity index (χ0n) is 11.0. The number of hydrogen-bond acceptors (Lipinski definition) is 3. The molecular formula is C14H18N2O2. The molecule has 0 saturated carbocycles. The summed E-state index contributed by atoms with van der Waals surface area (Å²) >= 11 is 0. The highest BCUT2D eigenvalue weighted by molar-refractivity contribution is 5.94. The van der Waals surface area contributed by atoms with E-state index in [-0.39, 0.29) is 12.2 Å². The largest absolute Gasteiger partial charge is 0.458 e. The minimum atomic E-state index is -0.0243. The lowest BCUT2D eigenvalue weighted by Gasteiger charge is -2.03. The lowest BCUT2D eigenvalue weighted by molar-refractivity contribution is 0.0963. The van der Waals surface area contributed by atoms with Gasteiger partial charge >= 0.3 is 0 Å². The summed E-state index contributed by atoms with van der Waals surface area (Å²) in [7, 11) is 0. The maximum atomic E-state index is 12.0. The number of Topliss-reactive ketones (excluding diaryl/α,β-unsaturated/α-hetero) is 1. The summed E-state index contributed by atoms with van der Waals surface area (Å²) in [6, 6.07) is 5.77. The van der Waals surface area contributed by atoms with E-state index in [0.717, 1.165) is 17.9 Å². The van der Waals surface area contributed by atoms with Crippen LogP contribution in [0.15, 0.2) is 28.8 Å². The molecule has 0 saturated heterocycles. The Labute approximate surface area is 107 Å². The third-order valence-electron chi connectivity index (χ3n) is 2.82. The summed E-state index contributed by atoms with van der Waals surface area (Å²) < 4.78 is 7.29. The van der Waals surface area contributed by atoms with Gasteiger partial charge in [-0.05, 0) is 32.0 Å². The molecule has 2 aromatic heterocycles.